The summed E-state index contributed by atoms with van der Waals surface area (Å²) in [5.41, 5.74) is 5.49. The summed E-state index contributed by atoms with van der Waals surface area (Å²) >= 11 is 3.58. The molecule has 0 bridgehead atoms. The minimum Gasteiger partial charge on any atom is -0.497 e. The van der Waals surface area contributed by atoms with E-state index in [1.807, 2.05) is 30.3 Å². The lowest BCUT2D eigenvalue weighted by Crippen LogP contribution is -2.40. The van der Waals surface area contributed by atoms with Crippen molar-refractivity contribution >= 4 is 21.6 Å². The fourth-order valence-corrected chi connectivity index (χ4v) is 4.78. The van der Waals surface area contributed by atoms with E-state index < -0.39 is 5.79 Å². The van der Waals surface area contributed by atoms with Gasteiger partial charge in [-0.3, -0.25) is 0 Å². The first kappa shape index (κ1) is 20.2. The predicted molar refractivity (Wildman–Crippen MR) is 123 cm³/mol. The van der Waals surface area contributed by atoms with Gasteiger partial charge in [0.1, 0.15) is 17.2 Å². The van der Waals surface area contributed by atoms with Crippen LogP contribution < -0.4 is 19.5 Å². The Morgan fingerprint density at radius 1 is 1.00 bits per heavy atom. The van der Waals surface area contributed by atoms with E-state index in [1.54, 1.807) is 14.2 Å². The quantitative estimate of drug-likeness (QED) is 0.488. The Morgan fingerprint density at radius 3 is 2.52 bits per heavy atom. The molecule has 0 amide bonds. The number of benzene rings is 3. The van der Waals surface area contributed by atoms with Gasteiger partial charge in [0.2, 0.25) is 5.79 Å². The smallest absolute Gasteiger partial charge is 0.240 e. The summed E-state index contributed by atoms with van der Waals surface area (Å²) in [7, 11) is 3.31. The van der Waals surface area contributed by atoms with Gasteiger partial charge < -0.3 is 24.3 Å². The summed E-state index contributed by atoms with van der Waals surface area (Å²) in [4.78, 5) is 0. The molecule has 2 aliphatic rings. The minimum absolute atomic E-state index is 0.0269. The van der Waals surface area contributed by atoms with Gasteiger partial charge in [-0.15, -0.1) is 0 Å². The van der Waals surface area contributed by atoms with E-state index in [0.717, 1.165) is 38.5 Å². The largest absolute Gasteiger partial charge is 0.497 e. The number of halogens is 1. The van der Waals surface area contributed by atoms with Crippen molar-refractivity contribution in [3.05, 3.63) is 81.3 Å². The molecule has 31 heavy (non-hydrogen) atoms. The number of hydrogen-bond donors (Lipinski definition) is 1. The molecule has 0 radical (unpaired) electrons. The van der Waals surface area contributed by atoms with Crippen molar-refractivity contribution in [1.29, 1.82) is 0 Å². The van der Waals surface area contributed by atoms with Gasteiger partial charge in [-0.1, -0.05) is 45.8 Å². The molecule has 0 saturated carbocycles. The third kappa shape index (κ3) is 3.64. The topological polar surface area (TPSA) is 49.0 Å². The molecule has 0 aliphatic carbocycles. The Labute approximate surface area is 190 Å². The normalized spacial score (nSPS) is 21.2. The van der Waals surface area contributed by atoms with E-state index in [2.05, 4.69) is 52.4 Å². The highest BCUT2D eigenvalue weighted by molar-refractivity contribution is 9.10. The Hall–Kier alpha value is -2.70. The monoisotopic (exact) mass is 481 g/mol. The SMILES string of the molecule is COc1cc(N[C@@H]2C[C@]3(OCc4cc(C)ccc43)Oc3cc(Br)ccc32)cc(OC)c1. The van der Waals surface area contributed by atoms with Gasteiger partial charge in [0.05, 0.1) is 26.9 Å². The van der Waals surface area contributed by atoms with E-state index in [4.69, 9.17) is 18.9 Å². The van der Waals surface area contributed by atoms with Crippen molar-refractivity contribution in [1.82, 2.24) is 0 Å². The Morgan fingerprint density at radius 2 is 1.77 bits per heavy atom. The van der Waals surface area contributed by atoms with Crippen molar-refractivity contribution in [2.45, 2.75) is 31.8 Å². The summed E-state index contributed by atoms with van der Waals surface area (Å²) < 4.78 is 24.7. The first-order chi connectivity index (χ1) is 15.0. The zero-order valence-corrected chi connectivity index (χ0v) is 19.3. The lowest BCUT2D eigenvalue weighted by atomic mass is 9.89. The summed E-state index contributed by atoms with van der Waals surface area (Å²) in [6.07, 6.45) is 0.636. The predicted octanol–water partition coefficient (Wildman–Crippen LogP) is 6.09. The third-order valence-electron chi connectivity index (χ3n) is 5.92. The van der Waals surface area contributed by atoms with Crippen LogP contribution in [0.1, 0.15) is 34.7 Å². The van der Waals surface area contributed by atoms with E-state index >= 15 is 0 Å². The van der Waals surface area contributed by atoms with E-state index in [1.165, 1.54) is 11.1 Å². The molecule has 0 aromatic heterocycles. The molecule has 1 N–H and O–H groups in total. The highest BCUT2D eigenvalue weighted by Crippen LogP contribution is 2.51. The lowest BCUT2D eigenvalue weighted by Gasteiger charge is -2.40. The molecule has 0 fully saturated rings. The molecule has 2 aliphatic heterocycles. The molecular formula is C25H24BrNO4. The van der Waals surface area contributed by atoms with Crippen molar-refractivity contribution in [2.24, 2.45) is 0 Å². The first-order valence-corrected chi connectivity index (χ1v) is 11.0. The molecule has 1 spiro atoms. The highest BCUT2D eigenvalue weighted by atomic mass is 79.9. The number of methoxy groups -OCH3 is 2. The molecule has 0 unspecified atom stereocenters. The minimum atomic E-state index is -0.822. The summed E-state index contributed by atoms with van der Waals surface area (Å²) in [6.45, 7) is 2.64. The second-order valence-corrected chi connectivity index (χ2v) is 8.90. The van der Waals surface area contributed by atoms with Crippen LogP contribution >= 0.6 is 15.9 Å². The Kier molecular flexibility index (Phi) is 5.07. The van der Waals surface area contributed by atoms with E-state index in [0.29, 0.717) is 13.0 Å². The second kappa shape index (κ2) is 7.77. The number of nitrogens with one attached hydrogen (secondary N) is 1. The van der Waals surface area contributed by atoms with Crippen molar-refractivity contribution in [3.8, 4) is 17.2 Å². The number of rotatable bonds is 4. The van der Waals surface area contributed by atoms with Crippen LogP contribution in [0.3, 0.4) is 0 Å². The van der Waals surface area contributed by atoms with Crippen LogP contribution in [0.5, 0.6) is 17.2 Å². The molecular weight excluding hydrogens is 458 g/mol. The zero-order chi connectivity index (χ0) is 21.6. The maximum Gasteiger partial charge on any atom is 0.240 e. The van der Waals surface area contributed by atoms with Gasteiger partial charge in [-0.2, -0.15) is 0 Å². The number of hydrogen-bond acceptors (Lipinski definition) is 5. The Bertz CT molecular complexity index is 1130. The maximum absolute atomic E-state index is 6.54. The lowest BCUT2D eigenvalue weighted by molar-refractivity contribution is -0.196. The summed E-state index contributed by atoms with van der Waals surface area (Å²) in [6, 6.07) is 18.3. The third-order valence-corrected chi connectivity index (χ3v) is 6.42. The van der Waals surface area contributed by atoms with Crippen LogP contribution in [0.4, 0.5) is 5.69 Å². The van der Waals surface area contributed by atoms with Crippen LogP contribution in [0.2, 0.25) is 0 Å². The highest BCUT2D eigenvalue weighted by Gasteiger charge is 2.48. The maximum atomic E-state index is 6.54. The molecule has 5 nitrogen and oxygen atoms in total. The van der Waals surface area contributed by atoms with Crippen LogP contribution in [0.15, 0.2) is 59.1 Å². The van der Waals surface area contributed by atoms with E-state index in [9.17, 15) is 0 Å². The van der Waals surface area contributed by atoms with Crippen LogP contribution in [0, 0.1) is 6.92 Å². The molecule has 2 atom stereocenters. The number of anilines is 1. The first-order valence-electron chi connectivity index (χ1n) is 10.2. The molecule has 3 aromatic carbocycles. The second-order valence-electron chi connectivity index (χ2n) is 7.99. The van der Waals surface area contributed by atoms with Gasteiger partial charge in [0, 0.05) is 45.9 Å². The van der Waals surface area contributed by atoms with Crippen molar-refractivity contribution in [3.63, 3.8) is 0 Å². The standard InChI is InChI=1S/C25H24BrNO4/c1-15-4-7-22-16(8-15)14-30-25(22)13-23(21-6-5-17(26)9-24(21)31-25)27-18-10-19(28-2)12-20(11-18)29-3/h4-12,23,27H,13-14H2,1-3H3/t23-,25+/m1/s1. The summed E-state index contributed by atoms with van der Waals surface area (Å²) in [5, 5.41) is 3.66. The fourth-order valence-electron chi connectivity index (χ4n) is 4.44. The van der Waals surface area contributed by atoms with Crippen molar-refractivity contribution in [2.75, 3.05) is 19.5 Å². The molecule has 0 saturated heterocycles. The van der Waals surface area contributed by atoms with Gasteiger partial charge in [0.15, 0.2) is 0 Å². The van der Waals surface area contributed by atoms with Crippen molar-refractivity contribution < 1.29 is 18.9 Å². The van der Waals surface area contributed by atoms with Gasteiger partial charge in [-0.05, 0) is 24.6 Å². The average molecular weight is 482 g/mol. The number of fused-ring (bicyclic) bond motifs is 3. The molecule has 6 heteroatoms. The Balaban J connectivity index is 1.57. The fraction of sp³-hybridized carbons (Fsp3) is 0.280. The van der Waals surface area contributed by atoms with Crippen LogP contribution in [-0.2, 0) is 17.1 Å². The number of ether oxygens (including phenoxy) is 4. The van der Waals surface area contributed by atoms with Gasteiger partial charge in [0.25, 0.3) is 0 Å². The zero-order valence-electron chi connectivity index (χ0n) is 17.7. The summed E-state index contributed by atoms with van der Waals surface area (Å²) in [5.74, 6) is 1.45. The molecule has 160 valence electrons. The van der Waals surface area contributed by atoms with E-state index in [-0.39, 0.29) is 6.04 Å². The average Bonchev–Trinajstić information content (AvgIpc) is 3.09. The molecule has 2 heterocycles. The van der Waals surface area contributed by atoms with Gasteiger partial charge in [-0.25, -0.2) is 0 Å². The molecule has 5 rings (SSSR count). The number of aryl methyl sites for hydroxylation is 1. The van der Waals surface area contributed by atoms with Crippen LogP contribution in [0.25, 0.3) is 0 Å². The van der Waals surface area contributed by atoms with Crippen LogP contribution in [-0.4, -0.2) is 14.2 Å². The molecule has 3 aromatic rings. The van der Waals surface area contributed by atoms with Gasteiger partial charge >= 0.3 is 0 Å².